The average Bonchev–Trinajstić information content (AvgIpc) is 2.84. The SMILES string of the molecule is OC(CNc1cccc(Cl)c1F)Cn1cccn1. The van der Waals surface area contributed by atoms with Crippen LogP contribution in [0.25, 0.3) is 0 Å². The Hall–Kier alpha value is -1.59. The lowest BCUT2D eigenvalue weighted by atomic mass is 10.3. The molecule has 0 aliphatic heterocycles. The van der Waals surface area contributed by atoms with E-state index in [2.05, 4.69) is 10.4 Å². The number of aliphatic hydroxyl groups is 1. The van der Waals surface area contributed by atoms with E-state index in [0.29, 0.717) is 6.54 Å². The van der Waals surface area contributed by atoms with Crippen molar-refractivity contribution in [3.05, 3.63) is 47.5 Å². The summed E-state index contributed by atoms with van der Waals surface area (Å²) in [4.78, 5) is 0. The number of hydrogen-bond donors (Lipinski definition) is 2. The Morgan fingerprint density at radius 2 is 2.28 bits per heavy atom. The smallest absolute Gasteiger partial charge is 0.164 e. The average molecular weight is 270 g/mol. The van der Waals surface area contributed by atoms with E-state index >= 15 is 0 Å². The van der Waals surface area contributed by atoms with Gasteiger partial charge in [-0.15, -0.1) is 0 Å². The number of halogens is 2. The highest BCUT2D eigenvalue weighted by Crippen LogP contribution is 2.21. The van der Waals surface area contributed by atoms with Crippen molar-refractivity contribution >= 4 is 17.3 Å². The minimum absolute atomic E-state index is 0.0570. The molecule has 0 fully saturated rings. The topological polar surface area (TPSA) is 50.1 Å². The molecule has 1 atom stereocenters. The molecule has 0 amide bonds. The third-order valence-corrected chi connectivity index (χ3v) is 2.73. The fourth-order valence-corrected chi connectivity index (χ4v) is 1.73. The Bertz CT molecular complexity index is 504. The highest BCUT2D eigenvalue weighted by atomic mass is 35.5. The Morgan fingerprint density at radius 1 is 1.44 bits per heavy atom. The van der Waals surface area contributed by atoms with E-state index in [-0.39, 0.29) is 17.3 Å². The zero-order chi connectivity index (χ0) is 13.0. The van der Waals surface area contributed by atoms with Crippen LogP contribution in [-0.4, -0.2) is 27.5 Å². The van der Waals surface area contributed by atoms with Crippen molar-refractivity contribution in [3.8, 4) is 0 Å². The molecule has 18 heavy (non-hydrogen) atoms. The van der Waals surface area contributed by atoms with E-state index in [1.54, 1.807) is 35.3 Å². The maximum atomic E-state index is 13.5. The van der Waals surface area contributed by atoms with Crippen molar-refractivity contribution in [2.75, 3.05) is 11.9 Å². The summed E-state index contributed by atoms with van der Waals surface area (Å²) in [5.41, 5.74) is 0.280. The van der Waals surface area contributed by atoms with Gasteiger partial charge in [-0.2, -0.15) is 5.10 Å². The summed E-state index contributed by atoms with van der Waals surface area (Å²) in [6.07, 6.45) is 2.73. The zero-order valence-electron chi connectivity index (χ0n) is 9.55. The second kappa shape index (κ2) is 5.84. The summed E-state index contributed by atoms with van der Waals surface area (Å²) >= 11 is 5.65. The molecular weight excluding hydrogens is 257 g/mol. The molecule has 1 aromatic heterocycles. The number of aliphatic hydroxyl groups excluding tert-OH is 1. The van der Waals surface area contributed by atoms with E-state index in [0.717, 1.165) is 0 Å². The van der Waals surface area contributed by atoms with Gasteiger partial charge in [-0.05, 0) is 18.2 Å². The van der Waals surface area contributed by atoms with E-state index < -0.39 is 11.9 Å². The number of rotatable bonds is 5. The molecule has 0 saturated heterocycles. The summed E-state index contributed by atoms with van der Waals surface area (Å²) in [5.74, 6) is -0.509. The normalized spacial score (nSPS) is 12.4. The third kappa shape index (κ3) is 3.21. The Labute approximate surface area is 109 Å². The molecule has 96 valence electrons. The van der Waals surface area contributed by atoms with Gasteiger partial charge in [0.25, 0.3) is 0 Å². The molecule has 2 N–H and O–H groups in total. The lowest BCUT2D eigenvalue weighted by Gasteiger charge is -2.13. The highest BCUT2D eigenvalue weighted by Gasteiger charge is 2.09. The van der Waals surface area contributed by atoms with Gasteiger partial charge in [-0.25, -0.2) is 4.39 Å². The molecule has 0 aliphatic carbocycles. The molecule has 0 aliphatic rings. The first-order valence-electron chi connectivity index (χ1n) is 5.50. The van der Waals surface area contributed by atoms with Crippen LogP contribution in [0.5, 0.6) is 0 Å². The number of anilines is 1. The van der Waals surface area contributed by atoms with Crippen LogP contribution in [-0.2, 0) is 6.54 Å². The molecule has 2 rings (SSSR count). The molecule has 0 radical (unpaired) electrons. The summed E-state index contributed by atoms with van der Waals surface area (Å²) < 4.78 is 15.1. The molecule has 0 bridgehead atoms. The van der Waals surface area contributed by atoms with Gasteiger partial charge >= 0.3 is 0 Å². The number of hydrogen-bond acceptors (Lipinski definition) is 3. The quantitative estimate of drug-likeness (QED) is 0.874. The van der Waals surface area contributed by atoms with E-state index in [1.165, 1.54) is 6.07 Å². The molecule has 4 nitrogen and oxygen atoms in total. The van der Waals surface area contributed by atoms with Crippen molar-refractivity contribution < 1.29 is 9.50 Å². The van der Waals surface area contributed by atoms with Gasteiger partial charge in [-0.3, -0.25) is 4.68 Å². The first kappa shape index (κ1) is 12.9. The number of nitrogens with zero attached hydrogens (tertiary/aromatic N) is 2. The number of nitrogens with one attached hydrogen (secondary N) is 1. The monoisotopic (exact) mass is 269 g/mol. The van der Waals surface area contributed by atoms with Gasteiger partial charge in [-0.1, -0.05) is 17.7 Å². The molecule has 1 aromatic carbocycles. The fraction of sp³-hybridized carbons (Fsp3) is 0.250. The van der Waals surface area contributed by atoms with E-state index in [4.69, 9.17) is 11.6 Å². The summed E-state index contributed by atoms with van der Waals surface area (Å²) in [7, 11) is 0. The number of aromatic nitrogens is 2. The summed E-state index contributed by atoms with van der Waals surface area (Å²) in [6, 6.07) is 6.47. The second-order valence-electron chi connectivity index (χ2n) is 3.86. The van der Waals surface area contributed by atoms with Crippen LogP contribution in [0.2, 0.25) is 5.02 Å². The van der Waals surface area contributed by atoms with Crippen molar-refractivity contribution in [1.29, 1.82) is 0 Å². The predicted octanol–water partition coefficient (Wildman–Crippen LogP) is 2.15. The van der Waals surface area contributed by atoms with Crippen LogP contribution in [0.3, 0.4) is 0 Å². The molecule has 1 unspecified atom stereocenters. The van der Waals surface area contributed by atoms with E-state index in [1.807, 2.05) is 0 Å². The Kier molecular flexibility index (Phi) is 4.17. The lowest BCUT2D eigenvalue weighted by Crippen LogP contribution is -2.25. The lowest BCUT2D eigenvalue weighted by molar-refractivity contribution is 0.161. The standard InChI is InChI=1S/C12H13ClFN3O/c13-10-3-1-4-11(12(10)14)15-7-9(18)8-17-6-2-5-16-17/h1-6,9,15,18H,7-8H2. The third-order valence-electron chi connectivity index (χ3n) is 2.44. The maximum absolute atomic E-state index is 13.5. The first-order valence-corrected chi connectivity index (χ1v) is 5.88. The van der Waals surface area contributed by atoms with Gasteiger partial charge in [0.15, 0.2) is 5.82 Å². The molecule has 0 saturated carbocycles. The van der Waals surface area contributed by atoms with Crippen LogP contribution >= 0.6 is 11.6 Å². The van der Waals surface area contributed by atoms with Gasteiger partial charge in [0.2, 0.25) is 0 Å². The van der Waals surface area contributed by atoms with Crippen molar-refractivity contribution in [3.63, 3.8) is 0 Å². The minimum atomic E-state index is -0.664. The fourth-order valence-electron chi connectivity index (χ4n) is 1.56. The van der Waals surface area contributed by atoms with Crippen molar-refractivity contribution in [2.24, 2.45) is 0 Å². The molecule has 1 heterocycles. The van der Waals surface area contributed by atoms with Gasteiger partial charge in [0, 0.05) is 18.9 Å². The maximum Gasteiger partial charge on any atom is 0.164 e. The Morgan fingerprint density at radius 3 is 3.00 bits per heavy atom. The van der Waals surface area contributed by atoms with Crippen LogP contribution in [0.1, 0.15) is 0 Å². The van der Waals surface area contributed by atoms with Crippen LogP contribution in [0.4, 0.5) is 10.1 Å². The van der Waals surface area contributed by atoms with Crippen LogP contribution in [0.15, 0.2) is 36.7 Å². The van der Waals surface area contributed by atoms with Crippen LogP contribution in [0, 0.1) is 5.82 Å². The molecule has 2 aromatic rings. The predicted molar refractivity (Wildman–Crippen MR) is 68.1 cm³/mol. The number of benzene rings is 1. The van der Waals surface area contributed by atoms with E-state index in [9.17, 15) is 9.50 Å². The van der Waals surface area contributed by atoms with Gasteiger partial charge in [0.05, 0.1) is 23.4 Å². The van der Waals surface area contributed by atoms with Gasteiger partial charge < -0.3 is 10.4 Å². The van der Waals surface area contributed by atoms with Crippen LogP contribution < -0.4 is 5.32 Å². The summed E-state index contributed by atoms with van der Waals surface area (Å²) in [5, 5.41) is 16.6. The molecular formula is C12H13ClFN3O. The van der Waals surface area contributed by atoms with Crippen molar-refractivity contribution in [2.45, 2.75) is 12.6 Å². The first-order chi connectivity index (χ1) is 8.66. The Balaban J connectivity index is 1.89. The largest absolute Gasteiger partial charge is 0.389 e. The van der Waals surface area contributed by atoms with Gasteiger partial charge in [0.1, 0.15) is 0 Å². The zero-order valence-corrected chi connectivity index (χ0v) is 10.3. The van der Waals surface area contributed by atoms with Crippen molar-refractivity contribution in [1.82, 2.24) is 9.78 Å². The molecule has 0 spiro atoms. The summed E-state index contributed by atoms with van der Waals surface area (Å²) in [6.45, 7) is 0.569. The molecule has 6 heteroatoms. The highest BCUT2D eigenvalue weighted by molar-refractivity contribution is 6.31. The minimum Gasteiger partial charge on any atom is -0.389 e. The second-order valence-corrected chi connectivity index (χ2v) is 4.27.